The molecule has 1 heterocycles. The average Bonchev–Trinajstić information content (AvgIpc) is 2.69. The van der Waals surface area contributed by atoms with Gasteiger partial charge in [0.15, 0.2) is 0 Å². The van der Waals surface area contributed by atoms with Crippen molar-refractivity contribution in [1.29, 1.82) is 0 Å². The number of rotatable bonds is 13. The Morgan fingerprint density at radius 1 is 1.10 bits per heavy atom. The number of pyridine rings is 1. The molecule has 1 aromatic rings. The Morgan fingerprint density at radius 2 is 1.72 bits per heavy atom. The summed E-state index contributed by atoms with van der Waals surface area (Å²) >= 11 is 0. The van der Waals surface area contributed by atoms with Crippen molar-refractivity contribution in [2.75, 3.05) is 19.7 Å². The predicted octanol–water partition coefficient (Wildman–Crippen LogP) is 3.19. The fourth-order valence-corrected chi connectivity index (χ4v) is 2.41. The molecule has 1 aromatic heterocycles. The second kappa shape index (κ2) is 14.0. The maximum absolute atomic E-state index is 12.1. The molecule has 0 aliphatic rings. The summed E-state index contributed by atoms with van der Waals surface area (Å²) in [4.78, 5) is 37.9. The zero-order valence-electron chi connectivity index (χ0n) is 16.7. The average molecular weight is 407 g/mol. The van der Waals surface area contributed by atoms with Gasteiger partial charge >= 0.3 is 18.2 Å². The third-order valence-corrected chi connectivity index (χ3v) is 3.94. The van der Waals surface area contributed by atoms with Gasteiger partial charge in [0.25, 0.3) is 0 Å². The fraction of sp³-hybridized carbons (Fsp3) is 0.500. The van der Waals surface area contributed by atoms with Gasteiger partial charge in [-0.15, -0.1) is 0 Å². The fourth-order valence-electron chi connectivity index (χ4n) is 2.41. The van der Waals surface area contributed by atoms with E-state index in [1.54, 1.807) is 31.5 Å². The van der Waals surface area contributed by atoms with Gasteiger partial charge in [-0.3, -0.25) is 4.98 Å². The molecule has 1 rings (SSSR count). The molecule has 3 N–H and O–H groups in total. The van der Waals surface area contributed by atoms with Crippen LogP contribution in [0.3, 0.4) is 0 Å². The molecule has 0 bridgehead atoms. The molecule has 0 saturated heterocycles. The molecule has 0 aliphatic heterocycles. The van der Waals surface area contributed by atoms with Crippen LogP contribution in [0.4, 0.5) is 9.59 Å². The van der Waals surface area contributed by atoms with Gasteiger partial charge in [-0.05, 0) is 37.5 Å². The van der Waals surface area contributed by atoms with E-state index in [4.69, 9.17) is 14.6 Å². The van der Waals surface area contributed by atoms with E-state index in [1.807, 2.05) is 0 Å². The Balaban J connectivity index is 2.34. The summed E-state index contributed by atoms with van der Waals surface area (Å²) in [5.74, 6) is -0.485. The molecule has 0 radical (unpaired) electrons. The number of alkyl carbamates (subject to hydrolysis) is 1. The van der Waals surface area contributed by atoms with Crippen LogP contribution in [-0.4, -0.2) is 47.9 Å². The molecule has 0 spiro atoms. The number of esters is 1. The van der Waals surface area contributed by atoms with E-state index in [1.165, 1.54) is 0 Å². The van der Waals surface area contributed by atoms with E-state index < -0.39 is 24.3 Å². The summed E-state index contributed by atoms with van der Waals surface area (Å²) in [6.07, 6.45) is 4.62. The van der Waals surface area contributed by atoms with Crippen LogP contribution in [0.25, 0.3) is 0 Å². The SMILES string of the molecule is C=C(C)C(=O)OCCC(OC(=O)NCCCCCCNC(=O)O)c1ccncc1. The number of ether oxygens (including phenoxy) is 2. The molecule has 9 heteroatoms. The number of nitrogens with one attached hydrogen (secondary N) is 2. The number of carbonyl (C=O) groups is 3. The second-order valence-electron chi connectivity index (χ2n) is 6.45. The van der Waals surface area contributed by atoms with Crippen LogP contribution in [0.5, 0.6) is 0 Å². The van der Waals surface area contributed by atoms with Gasteiger partial charge in [0, 0.05) is 37.5 Å². The van der Waals surface area contributed by atoms with E-state index in [2.05, 4.69) is 22.2 Å². The molecule has 160 valence electrons. The molecule has 0 aliphatic carbocycles. The monoisotopic (exact) mass is 407 g/mol. The van der Waals surface area contributed by atoms with Gasteiger partial charge in [0.05, 0.1) is 6.61 Å². The van der Waals surface area contributed by atoms with Gasteiger partial charge in [-0.25, -0.2) is 14.4 Å². The molecule has 2 amide bonds. The molecule has 1 unspecified atom stereocenters. The van der Waals surface area contributed by atoms with Crippen LogP contribution in [0.15, 0.2) is 36.7 Å². The van der Waals surface area contributed by atoms with Crippen molar-refractivity contribution >= 4 is 18.2 Å². The minimum absolute atomic E-state index is 0.0936. The largest absolute Gasteiger partial charge is 0.465 e. The standard InChI is InChI=1S/C20H29N3O6/c1-15(2)18(24)28-14-9-17(16-7-12-21-13-8-16)29-20(27)23-11-6-4-3-5-10-22-19(25)26/h7-8,12-13,17,22H,1,3-6,9-11,14H2,2H3,(H,23,27)(H,25,26). The van der Waals surface area contributed by atoms with Gasteiger partial charge in [0.2, 0.25) is 0 Å². The third-order valence-electron chi connectivity index (χ3n) is 3.94. The normalized spacial score (nSPS) is 11.2. The Labute approximate surface area is 170 Å². The lowest BCUT2D eigenvalue weighted by molar-refractivity contribution is -0.139. The number of unbranched alkanes of at least 4 members (excludes halogenated alkanes) is 3. The molecule has 9 nitrogen and oxygen atoms in total. The zero-order valence-corrected chi connectivity index (χ0v) is 16.7. The summed E-state index contributed by atoms with van der Waals surface area (Å²) in [5, 5.41) is 13.5. The van der Waals surface area contributed by atoms with Crippen molar-refractivity contribution < 1.29 is 29.0 Å². The number of amides is 2. The lowest BCUT2D eigenvalue weighted by Gasteiger charge is -2.18. The Bertz CT molecular complexity index is 665. The molecular formula is C20H29N3O6. The smallest absolute Gasteiger partial charge is 0.407 e. The van der Waals surface area contributed by atoms with Crippen LogP contribution < -0.4 is 10.6 Å². The van der Waals surface area contributed by atoms with E-state index in [-0.39, 0.29) is 6.61 Å². The molecular weight excluding hydrogens is 378 g/mol. The maximum Gasteiger partial charge on any atom is 0.407 e. The van der Waals surface area contributed by atoms with Gasteiger partial charge in [-0.2, -0.15) is 0 Å². The molecule has 29 heavy (non-hydrogen) atoms. The van der Waals surface area contributed by atoms with E-state index in [0.29, 0.717) is 25.1 Å². The highest BCUT2D eigenvalue weighted by atomic mass is 16.6. The van der Waals surface area contributed by atoms with Crippen molar-refractivity contribution in [3.8, 4) is 0 Å². The first kappa shape index (κ1) is 23.9. The van der Waals surface area contributed by atoms with Gasteiger partial charge < -0.3 is 25.2 Å². The first-order valence-corrected chi connectivity index (χ1v) is 9.54. The third kappa shape index (κ3) is 11.4. The summed E-state index contributed by atoms with van der Waals surface area (Å²) < 4.78 is 10.6. The summed E-state index contributed by atoms with van der Waals surface area (Å²) in [6, 6.07) is 3.48. The van der Waals surface area contributed by atoms with Gasteiger partial charge in [-0.1, -0.05) is 19.4 Å². The quantitative estimate of drug-likeness (QED) is 0.260. The van der Waals surface area contributed by atoms with Crippen molar-refractivity contribution in [3.63, 3.8) is 0 Å². The first-order chi connectivity index (χ1) is 13.9. The minimum Gasteiger partial charge on any atom is -0.465 e. The highest BCUT2D eigenvalue weighted by Gasteiger charge is 2.17. The lowest BCUT2D eigenvalue weighted by atomic mass is 10.1. The predicted molar refractivity (Wildman–Crippen MR) is 106 cm³/mol. The molecule has 0 saturated carbocycles. The van der Waals surface area contributed by atoms with Crippen LogP contribution in [-0.2, 0) is 14.3 Å². The molecule has 0 aromatic carbocycles. The van der Waals surface area contributed by atoms with Crippen molar-refractivity contribution in [2.24, 2.45) is 0 Å². The highest BCUT2D eigenvalue weighted by molar-refractivity contribution is 5.86. The van der Waals surface area contributed by atoms with Crippen LogP contribution in [0, 0.1) is 0 Å². The zero-order chi connectivity index (χ0) is 21.5. The minimum atomic E-state index is -1.02. The number of carbonyl (C=O) groups excluding carboxylic acids is 2. The van der Waals surface area contributed by atoms with Crippen LogP contribution in [0.1, 0.15) is 50.7 Å². The summed E-state index contributed by atoms with van der Waals surface area (Å²) in [7, 11) is 0. The van der Waals surface area contributed by atoms with Crippen molar-refractivity contribution in [1.82, 2.24) is 15.6 Å². The van der Waals surface area contributed by atoms with Crippen molar-refractivity contribution in [2.45, 2.75) is 45.1 Å². The Kier molecular flexibility index (Phi) is 11.5. The van der Waals surface area contributed by atoms with E-state index in [0.717, 1.165) is 31.2 Å². The number of hydrogen-bond donors (Lipinski definition) is 3. The van der Waals surface area contributed by atoms with Crippen molar-refractivity contribution in [3.05, 3.63) is 42.2 Å². The van der Waals surface area contributed by atoms with Crippen LogP contribution in [0.2, 0.25) is 0 Å². The maximum atomic E-state index is 12.1. The molecule has 0 fully saturated rings. The number of nitrogens with zero attached hydrogens (tertiary/aromatic N) is 1. The number of aromatic nitrogens is 1. The Morgan fingerprint density at radius 3 is 2.31 bits per heavy atom. The number of hydrogen-bond acceptors (Lipinski definition) is 6. The van der Waals surface area contributed by atoms with E-state index >= 15 is 0 Å². The summed E-state index contributed by atoms with van der Waals surface area (Å²) in [5.41, 5.74) is 1.07. The molecule has 1 atom stereocenters. The van der Waals surface area contributed by atoms with Crippen LogP contribution >= 0.6 is 0 Å². The lowest BCUT2D eigenvalue weighted by Crippen LogP contribution is -2.27. The Hall–Kier alpha value is -3.10. The first-order valence-electron chi connectivity index (χ1n) is 9.54. The van der Waals surface area contributed by atoms with E-state index in [9.17, 15) is 14.4 Å². The van der Waals surface area contributed by atoms with Gasteiger partial charge in [0.1, 0.15) is 6.10 Å². The second-order valence-corrected chi connectivity index (χ2v) is 6.45. The topological polar surface area (TPSA) is 127 Å². The highest BCUT2D eigenvalue weighted by Crippen LogP contribution is 2.21. The summed E-state index contributed by atoms with van der Waals surface area (Å²) in [6.45, 7) is 6.07. The number of carboxylic acid groups (broad SMARTS) is 1.